The van der Waals surface area contributed by atoms with Crippen molar-refractivity contribution in [3.8, 4) is 0 Å². The van der Waals surface area contributed by atoms with Crippen LogP contribution < -0.4 is 0 Å². The third kappa shape index (κ3) is 3.65. The molecule has 1 aromatic carbocycles. The zero-order valence-corrected chi connectivity index (χ0v) is 11.0. The number of rotatable bonds is 4. The SMILES string of the molecule is Cc1cccc(Cc2ncc(CC(C)O)s2)c1. The fraction of sp³-hybridized carbons (Fsp3) is 0.357. The number of aryl methyl sites for hydroxylation is 1. The van der Waals surface area contributed by atoms with E-state index in [2.05, 4.69) is 36.2 Å². The molecule has 0 radical (unpaired) electrons. The van der Waals surface area contributed by atoms with Crippen molar-refractivity contribution in [2.45, 2.75) is 32.8 Å². The summed E-state index contributed by atoms with van der Waals surface area (Å²) in [7, 11) is 0. The van der Waals surface area contributed by atoms with Gasteiger partial charge in [0, 0.05) is 23.9 Å². The molecule has 17 heavy (non-hydrogen) atoms. The molecule has 3 heteroatoms. The Morgan fingerprint density at radius 3 is 2.94 bits per heavy atom. The molecule has 2 nitrogen and oxygen atoms in total. The minimum absolute atomic E-state index is 0.290. The van der Waals surface area contributed by atoms with Gasteiger partial charge in [0.25, 0.3) is 0 Å². The summed E-state index contributed by atoms with van der Waals surface area (Å²) in [5.74, 6) is 0. The molecule has 1 aromatic heterocycles. The quantitative estimate of drug-likeness (QED) is 0.901. The predicted molar refractivity (Wildman–Crippen MR) is 71.5 cm³/mol. The van der Waals surface area contributed by atoms with Crippen molar-refractivity contribution in [3.05, 3.63) is 51.5 Å². The highest BCUT2D eigenvalue weighted by atomic mass is 32.1. The molecule has 1 atom stereocenters. The van der Waals surface area contributed by atoms with Gasteiger partial charge in [-0.05, 0) is 19.4 Å². The lowest BCUT2D eigenvalue weighted by Crippen LogP contribution is -2.01. The largest absolute Gasteiger partial charge is 0.393 e. The summed E-state index contributed by atoms with van der Waals surface area (Å²) in [4.78, 5) is 5.56. The summed E-state index contributed by atoms with van der Waals surface area (Å²) >= 11 is 1.69. The Kier molecular flexibility index (Phi) is 3.92. The van der Waals surface area contributed by atoms with Gasteiger partial charge in [-0.15, -0.1) is 11.3 Å². The van der Waals surface area contributed by atoms with E-state index in [1.54, 1.807) is 18.3 Å². The predicted octanol–water partition coefficient (Wildman–Crippen LogP) is 2.97. The van der Waals surface area contributed by atoms with E-state index in [1.807, 2.05) is 6.20 Å². The fourth-order valence-electron chi connectivity index (χ4n) is 1.81. The highest BCUT2D eigenvalue weighted by Crippen LogP contribution is 2.18. The van der Waals surface area contributed by atoms with E-state index in [9.17, 15) is 5.11 Å². The molecule has 0 spiro atoms. The molecule has 2 aromatic rings. The molecule has 0 aliphatic heterocycles. The Hall–Kier alpha value is -1.19. The average Bonchev–Trinajstić information content (AvgIpc) is 2.64. The topological polar surface area (TPSA) is 33.1 Å². The molecule has 0 saturated heterocycles. The first-order valence-electron chi connectivity index (χ1n) is 5.80. The Morgan fingerprint density at radius 1 is 1.41 bits per heavy atom. The van der Waals surface area contributed by atoms with Gasteiger partial charge in [0.1, 0.15) is 0 Å². The van der Waals surface area contributed by atoms with Gasteiger partial charge in [0.2, 0.25) is 0 Å². The van der Waals surface area contributed by atoms with Crippen LogP contribution in [0.15, 0.2) is 30.5 Å². The van der Waals surface area contributed by atoms with Crippen LogP contribution in [0.5, 0.6) is 0 Å². The lowest BCUT2D eigenvalue weighted by atomic mass is 10.1. The van der Waals surface area contributed by atoms with E-state index >= 15 is 0 Å². The van der Waals surface area contributed by atoms with E-state index in [-0.39, 0.29) is 6.10 Å². The molecule has 2 rings (SSSR count). The molecule has 1 unspecified atom stereocenters. The summed E-state index contributed by atoms with van der Waals surface area (Å²) in [6.07, 6.45) is 3.17. The number of aromatic nitrogens is 1. The maximum Gasteiger partial charge on any atom is 0.0971 e. The first kappa shape index (κ1) is 12.3. The minimum atomic E-state index is -0.290. The lowest BCUT2D eigenvalue weighted by Gasteiger charge is -2.00. The van der Waals surface area contributed by atoms with Gasteiger partial charge >= 0.3 is 0 Å². The zero-order chi connectivity index (χ0) is 12.3. The van der Waals surface area contributed by atoms with E-state index in [1.165, 1.54) is 11.1 Å². The molecule has 1 heterocycles. The third-order valence-electron chi connectivity index (χ3n) is 2.54. The van der Waals surface area contributed by atoms with Gasteiger partial charge < -0.3 is 5.11 Å². The number of benzene rings is 1. The smallest absolute Gasteiger partial charge is 0.0971 e. The average molecular weight is 247 g/mol. The summed E-state index contributed by atoms with van der Waals surface area (Å²) in [5, 5.41) is 10.4. The molecule has 0 bridgehead atoms. The molecule has 90 valence electrons. The normalized spacial score (nSPS) is 12.6. The second kappa shape index (κ2) is 5.43. The van der Waals surface area contributed by atoms with Gasteiger partial charge in [-0.1, -0.05) is 29.8 Å². The molecular formula is C14H17NOS. The van der Waals surface area contributed by atoms with Crippen molar-refractivity contribution in [2.24, 2.45) is 0 Å². The van der Waals surface area contributed by atoms with Crippen molar-refractivity contribution in [3.63, 3.8) is 0 Å². The molecule has 1 N–H and O–H groups in total. The van der Waals surface area contributed by atoms with E-state index in [4.69, 9.17) is 0 Å². The summed E-state index contributed by atoms with van der Waals surface area (Å²) in [6, 6.07) is 8.50. The Balaban J connectivity index is 2.06. The van der Waals surface area contributed by atoms with Gasteiger partial charge in [0.05, 0.1) is 11.1 Å². The monoisotopic (exact) mass is 247 g/mol. The van der Waals surface area contributed by atoms with Crippen molar-refractivity contribution in [1.29, 1.82) is 0 Å². The zero-order valence-electron chi connectivity index (χ0n) is 10.2. The number of hydrogen-bond acceptors (Lipinski definition) is 3. The number of nitrogens with zero attached hydrogens (tertiary/aromatic N) is 1. The van der Waals surface area contributed by atoms with Gasteiger partial charge in [-0.25, -0.2) is 4.98 Å². The summed E-state index contributed by atoms with van der Waals surface area (Å²) < 4.78 is 0. The molecule has 0 aliphatic carbocycles. The van der Waals surface area contributed by atoms with Crippen LogP contribution in [0.4, 0.5) is 0 Å². The van der Waals surface area contributed by atoms with Crippen LogP contribution in [-0.2, 0) is 12.8 Å². The summed E-state index contributed by atoms with van der Waals surface area (Å²) in [6.45, 7) is 3.91. The van der Waals surface area contributed by atoms with E-state index in [0.717, 1.165) is 16.3 Å². The Bertz CT molecular complexity index is 490. The Morgan fingerprint density at radius 2 is 2.24 bits per heavy atom. The van der Waals surface area contributed by atoms with Crippen LogP contribution in [0.1, 0.15) is 27.9 Å². The van der Waals surface area contributed by atoms with Gasteiger partial charge in [-0.2, -0.15) is 0 Å². The summed E-state index contributed by atoms with van der Waals surface area (Å²) in [5.41, 5.74) is 2.58. The molecule has 0 saturated carbocycles. The van der Waals surface area contributed by atoms with Crippen LogP contribution in [0.2, 0.25) is 0 Å². The highest BCUT2D eigenvalue weighted by molar-refractivity contribution is 7.11. The van der Waals surface area contributed by atoms with Gasteiger partial charge in [0.15, 0.2) is 0 Å². The van der Waals surface area contributed by atoms with Crippen LogP contribution in [-0.4, -0.2) is 16.2 Å². The van der Waals surface area contributed by atoms with Crippen molar-refractivity contribution in [2.75, 3.05) is 0 Å². The molecular weight excluding hydrogens is 230 g/mol. The fourth-order valence-corrected chi connectivity index (χ4v) is 2.89. The van der Waals surface area contributed by atoms with Crippen molar-refractivity contribution in [1.82, 2.24) is 4.98 Å². The van der Waals surface area contributed by atoms with Crippen LogP contribution in [0.25, 0.3) is 0 Å². The highest BCUT2D eigenvalue weighted by Gasteiger charge is 2.05. The van der Waals surface area contributed by atoms with Crippen LogP contribution in [0.3, 0.4) is 0 Å². The van der Waals surface area contributed by atoms with Gasteiger partial charge in [-0.3, -0.25) is 0 Å². The number of thiazole rings is 1. The number of aliphatic hydroxyl groups excluding tert-OH is 1. The molecule has 0 aliphatic rings. The first-order chi connectivity index (χ1) is 8.13. The van der Waals surface area contributed by atoms with Crippen LogP contribution in [0, 0.1) is 6.92 Å². The lowest BCUT2D eigenvalue weighted by molar-refractivity contribution is 0.196. The first-order valence-corrected chi connectivity index (χ1v) is 6.62. The maximum atomic E-state index is 9.32. The molecule has 0 fully saturated rings. The van der Waals surface area contributed by atoms with Crippen molar-refractivity contribution < 1.29 is 5.11 Å². The second-order valence-corrected chi connectivity index (χ2v) is 5.64. The number of hydrogen-bond donors (Lipinski definition) is 1. The second-order valence-electron chi connectivity index (χ2n) is 4.44. The van der Waals surface area contributed by atoms with E-state index < -0.39 is 0 Å². The minimum Gasteiger partial charge on any atom is -0.393 e. The standard InChI is InChI=1S/C14H17NOS/c1-10-4-3-5-12(6-10)8-14-15-9-13(17-14)7-11(2)16/h3-6,9,11,16H,7-8H2,1-2H3. The number of aliphatic hydroxyl groups is 1. The van der Waals surface area contributed by atoms with E-state index in [0.29, 0.717) is 6.42 Å². The third-order valence-corrected chi connectivity index (χ3v) is 3.56. The maximum absolute atomic E-state index is 9.32. The Labute approximate surface area is 106 Å². The van der Waals surface area contributed by atoms with Crippen molar-refractivity contribution >= 4 is 11.3 Å². The van der Waals surface area contributed by atoms with Crippen LogP contribution >= 0.6 is 11.3 Å². The molecule has 0 amide bonds.